The zero-order chi connectivity index (χ0) is 24.0. The van der Waals surface area contributed by atoms with Crippen LogP contribution < -0.4 is 0 Å². The average molecular weight is 482 g/mol. The second kappa shape index (κ2) is 10.8. The van der Waals surface area contributed by atoms with E-state index in [1.807, 2.05) is 36.4 Å². The minimum absolute atomic E-state index is 0.641. The van der Waals surface area contributed by atoms with E-state index in [-0.39, 0.29) is 0 Å². The lowest BCUT2D eigenvalue weighted by atomic mass is 10.1. The van der Waals surface area contributed by atoms with Gasteiger partial charge >= 0.3 is 0 Å². The van der Waals surface area contributed by atoms with Gasteiger partial charge in [-0.3, -0.25) is 9.88 Å². The Hall–Kier alpha value is -3.54. The zero-order valence-electron chi connectivity index (χ0n) is 19.8. The first-order chi connectivity index (χ1) is 17.1. The van der Waals surface area contributed by atoms with Crippen molar-refractivity contribution in [3.63, 3.8) is 0 Å². The van der Waals surface area contributed by atoms with Crippen molar-refractivity contribution in [2.45, 2.75) is 33.0 Å². The fourth-order valence-corrected chi connectivity index (χ4v) is 4.42. The molecule has 5 nitrogen and oxygen atoms in total. The summed E-state index contributed by atoms with van der Waals surface area (Å²) >= 11 is 6.41. The van der Waals surface area contributed by atoms with Crippen LogP contribution in [0.2, 0.25) is 5.02 Å². The second-order valence-corrected chi connectivity index (χ2v) is 9.32. The zero-order valence-corrected chi connectivity index (χ0v) is 20.6. The van der Waals surface area contributed by atoms with Crippen molar-refractivity contribution < 1.29 is 0 Å². The van der Waals surface area contributed by atoms with Crippen LogP contribution in [0.5, 0.6) is 0 Å². The monoisotopic (exact) mass is 481 g/mol. The molecule has 0 aliphatic rings. The summed E-state index contributed by atoms with van der Waals surface area (Å²) < 4.78 is 2.08. The van der Waals surface area contributed by atoms with Gasteiger partial charge in [0, 0.05) is 23.5 Å². The first kappa shape index (κ1) is 23.2. The number of aryl methyl sites for hydroxylation is 1. The highest BCUT2D eigenvalue weighted by molar-refractivity contribution is 6.31. The van der Waals surface area contributed by atoms with Crippen LogP contribution in [0.3, 0.4) is 0 Å². The third kappa shape index (κ3) is 5.94. The minimum atomic E-state index is 0.641. The number of nitrogens with zero attached hydrogens (tertiary/aromatic N) is 5. The van der Waals surface area contributed by atoms with Crippen molar-refractivity contribution in [2.75, 3.05) is 6.54 Å². The summed E-state index contributed by atoms with van der Waals surface area (Å²) in [5, 5.41) is 10.6. The van der Waals surface area contributed by atoms with Gasteiger partial charge in [0.1, 0.15) is 12.2 Å². The second-order valence-electron chi connectivity index (χ2n) is 8.91. The molecule has 0 aliphatic carbocycles. The number of para-hydroxylation sites is 1. The molecule has 6 heteroatoms. The maximum atomic E-state index is 6.41. The highest BCUT2D eigenvalue weighted by atomic mass is 35.5. The standard InChI is InChI=1S/C29H28ClN5/c1-22-10-12-23(13-11-22)16-17-34(19-26-15-14-24-6-3-5-9-28(24)32-26)20-29-33-31-21-35(29)18-25-7-2-4-8-27(25)30/h2-15,21H,16-20H2,1H3. The molecule has 0 aliphatic heterocycles. The van der Waals surface area contributed by atoms with Crippen LogP contribution in [0.1, 0.15) is 28.2 Å². The molecule has 0 amide bonds. The van der Waals surface area contributed by atoms with E-state index in [4.69, 9.17) is 16.6 Å². The summed E-state index contributed by atoms with van der Waals surface area (Å²) in [5.74, 6) is 0.912. The normalized spacial score (nSPS) is 11.4. The van der Waals surface area contributed by atoms with Gasteiger partial charge in [0.2, 0.25) is 0 Å². The Bertz CT molecular complexity index is 1410. The van der Waals surface area contributed by atoms with Gasteiger partial charge < -0.3 is 4.57 Å². The maximum absolute atomic E-state index is 6.41. The molecule has 0 atom stereocenters. The summed E-state index contributed by atoms with van der Waals surface area (Å²) in [4.78, 5) is 7.30. The largest absolute Gasteiger partial charge is 0.312 e. The van der Waals surface area contributed by atoms with Crippen molar-refractivity contribution in [2.24, 2.45) is 0 Å². The molecule has 0 spiro atoms. The van der Waals surface area contributed by atoms with Gasteiger partial charge in [0.05, 0.1) is 24.3 Å². The summed E-state index contributed by atoms with van der Waals surface area (Å²) in [6, 6.07) is 29.2. The molecule has 5 rings (SSSR count). The lowest BCUT2D eigenvalue weighted by Gasteiger charge is -2.22. The smallest absolute Gasteiger partial charge is 0.147 e. The molecule has 0 N–H and O–H groups in total. The number of benzene rings is 3. The van der Waals surface area contributed by atoms with Gasteiger partial charge in [-0.2, -0.15) is 0 Å². The fraction of sp³-hybridized carbons (Fsp3) is 0.207. The molecule has 0 saturated carbocycles. The molecule has 2 aromatic heterocycles. The van der Waals surface area contributed by atoms with Crippen LogP contribution in [0.4, 0.5) is 0 Å². The summed E-state index contributed by atoms with van der Waals surface area (Å²) in [7, 11) is 0. The first-order valence-electron chi connectivity index (χ1n) is 11.9. The van der Waals surface area contributed by atoms with Gasteiger partial charge in [-0.05, 0) is 42.7 Å². The molecule has 35 heavy (non-hydrogen) atoms. The number of rotatable bonds is 9. The van der Waals surface area contributed by atoms with E-state index < -0.39 is 0 Å². The molecule has 0 radical (unpaired) electrons. The van der Waals surface area contributed by atoms with E-state index in [2.05, 4.69) is 75.1 Å². The van der Waals surface area contributed by atoms with Crippen LogP contribution in [-0.2, 0) is 26.1 Å². The number of fused-ring (bicyclic) bond motifs is 1. The van der Waals surface area contributed by atoms with Gasteiger partial charge in [-0.15, -0.1) is 10.2 Å². The number of pyridine rings is 1. The number of halogens is 1. The summed E-state index contributed by atoms with van der Waals surface area (Å²) in [5.41, 5.74) is 5.72. The highest BCUT2D eigenvalue weighted by Crippen LogP contribution is 2.18. The lowest BCUT2D eigenvalue weighted by molar-refractivity contribution is 0.247. The Labute approximate surface area is 211 Å². The Morgan fingerprint density at radius 3 is 2.51 bits per heavy atom. The molecule has 0 bridgehead atoms. The number of hydrogen-bond acceptors (Lipinski definition) is 4. The van der Waals surface area contributed by atoms with E-state index in [0.29, 0.717) is 13.1 Å². The van der Waals surface area contributed by atoms with Crippen LogP contribution in [-0.4, -0.2) is 31.2 Å². The topological polar surface area (TPSA) is 46.8 Å². The fourth-order valence-electron chi connectivity index (χ4n) is 4.22. The summed E-state index contributed by atoms with van der Waals surface area (Å²) in [6.45, 7) is 5.05. The highest BCUT2D eigenvalue weighted by Gasteiger charge is 2.14. The van der Waals surface area contributed by atoms with E-state index in [0.717, 1.165) is 52.5 Å². The predicted octanol–water partition coefficient (Wildman–Crippen LogP) is 6.08. The van der Waals surface area contributed by atoms with E-state index in [9.17, 15) is 0 Å². The van der Waals surface area contributed by atoms with Gasteiger partial charge in [0.15, 0.2) is 0 Å². The third-order valence-corrected chi connectivity index (χ3v) is 6.61. The Morgan fingerprint density at radius 1 is 0.857 bits per heavy atom. The van der Waals surface area contributed by atoms with E-state index in [1.54, 1.807) is 6.33 Å². The molecule has 176 valence electrons. The van der Waals surface area contributed by atoms with Crippen molar-refractivity contribution in [1.29, 1.82) is 0 Å². The third-order valence-electron chi connectivity index (χ3n) is 6.24. The van der Waals surface area contributed by atoms with Crippen LogP contribution in [0.25, 0.3) is 10.9 Å². The molecule has 0 unspecified atom stereocenters. The van der Waals surface area contributed by atoms with E-state index in [1.165, 1.54) is 11.1 Å². The minimum Gasteiger partial charge on any atom is -0.312 e. The molecule has 5 aromatic rings. The van der Waals surface area contributed by atoms with Crippen LogP contribution in [0, 0.1) is 6.92 Å². The lowest BCUT2D eigenvalue weighted by Crippen LogP contribution is -2.27. The van der Waals surface area contributed by atoms with Gasteiger partial charge in [0.25, 0.3) is 0 Å². The number of aromatic nitrogens is 4. The average Bonchev–Trinajstić information content (AvgIpc) is 3.31. The first-order valence-corrected chi connectivity index (χ1v) is 12.2. The Balaban J connectivity index is 1.37. The van der Waals surface area contributed by atoms with Crippen molar-refractivity contribution in [1.82, 2.24) is 24.6 Å². The summed E-state index contributed by atoms with van der Waals surface area (Å²) in [6.07, 6.45) is 2.73. The SMILES string of the molecule is Cc1ccc(CCN(Cc2ccc3ccccc3n2)Cc2nncn2Cc2ccccc2Cl)cc1. The van der Waals surface area contributed by atoms with Crippen LogP contribution in [0.15, 0.2) is 91.3 Å². The number of hydrogen-bond donors (Lipinski definition) is 0. The molecule has 0 saturated heterocycles. The molecular formula is C29H28ClN5. The van der Waals surface area contributed by atoms with Gasteiger partial charge in [-0.25, -0.2) is 0 Å². The van der Waals surface area contributed by atoms with Crippen molar-refractivity contribution >= 4 is 22.5 Å². The van der Waals surface area contributed by atoms with Gasteiger partial charge in [-0.1, -0.05) is 83.9 Å². The van der Waals surface area contributed by atoms with Crippen LogP contribution >= 0.6 is 11.6 Å². The van der Waals surface area contributed by atoms with Crippen molar-refractivity contribution in [3.8, 4) is 0 Å². The Morgan fingerprint density at radius 2 is 1.66 bits per heavy atom. The molecular weight excluding hydrogens is 454 g/mol. The maximum Gasteiger partial charge on any atom is 0.147 e. The molecule has 3 aromatic carbocycles. The van der Waals surface area contributed by atoms with Crippen molar-refractivity contribution in [3.05, 3.63) is 124 Å². The molecule has 0 fully saturated rings. The van der Waals surface area contributed by atoms with E-state index >= 15 is 0 Å². The molecule has 2 heterocycles. The Kier molecular flexibility index (Phi) is 7.17. The predicted molar refractivity (Wildman–Crippen MR) is 141 cm³/mol. The quantitative estimate of drug-likeness (QED) is 0.256.